The van der Waals surface area contributed by atoms with Crippen molar-refractivity contribution in [3.8, 4) is 0 Å². The van der Waals surface area contributed by atoms with Crippen molar-refractivity contribution in [1.29, 1.82) is 0 Å². The first kappa shape index (κ1) is 25.2. The average molecular weight is 485 g/mol. The van der Waals surface area contributed by atoms with Gasteiger partial charge in [0.25, 0.3) is 0 Å². The number of aromatic nitrogens is 1. The molecule has 4 rings (SSSR count). The molecule has 0 bridgehead atoms. The van der Waals surface area contributed by atoms with E-state index in [0.29, 0.717) is 45.2 Å². The second-order valence-electron chi connectivity index (χ2n) is 9.66. The quantitative estimate of drug-likeness (QED) is 0.670. The Kier molecular flexibility index (Phi) is 7.69. The smallest absolute Gasteiger partial charge is 0.379 e. The molecule has 1 aromatic rings. The fourth-order valence-corrected chi connectivity index (χ4v) is 5.61. The number of ether oxygens (including phenoxy) is 2. The van der Waals surface area contributed by atoms with Crippen LogP contribution in [0.3, 0.4) is 0 Å². The van der Waals surface area contributed by atoms with Crippen LogP contribution in [0.25, 0.3) is 0 Å². The molecule has 190 valence electrons. The standard InChI is InChI=1S/C24H35F3N4O3/c1-3-23(7-4-18(15-23)29-19-6-13-34-16-20(19)33-2)22(32)31-11-9-30(10-12-31)21-14-17(5-8-28-21)24(25,26)27/h5,8,14,18-20,29H,3-4,6-7,9-13,15-16H2,1-2H3/t18?,19-,20+,23?/m0/s1. The fourth-order valence-electron chi connectivity index (χ4n) is 5.61. The summed E-state index contributed by atoms with van der Waals surface area (Å²) in [5, 5.41) is 3.73. The molecular weight excluding hydrogens is 449 g/mol. The van der Waals surface area contributed by atoms with Crippen molar-refractivity contribution in [3.05, 3.63) is 23.9 Å². The second kappa shape index (κ2) is 10.4. The van der Waals surface area contributed by atoms with Gasteiger partial charge in [-0.15, -0.1) is 0 Å². The minimum Gasteiger partial charge on any atom is -0.379 e. The van der Waals surface area contributed by atoms with Crippen LogP contribution in [0, 0.1) is 5.41 Å². The average Bonchev–Trinajstić information content (AvgIpc) is 3.28. The van der Waals surface area contributed by atoms with Crippen molar-refractivity contribution in [2.75, 3.05) is 51.4 Å². The lowest BCUT2D eigenvalue weighted by Gasteiger charge is -2.40. The summed E-state index contributed by atoms with van der Waals surface area (Å²) < 4.78 is 50.3. The Bertz CT molecular complexity index is 847. The summed E-state index contributed by atoms with van der Waals surface area (Å²) in [6.45, 7) is 5.30. The Hall–Kier alpha value is -1.91. The molecule has 7 nitrogen and oxygen atoms in total. The number of nitrogens with one attached hydrogen (secondary N) is 1. The summed E-state index contributed by atoms with van der Waals surface area (Å²) >= 11 is 0. The van der Waals surface area contributed by atoms with E-state index in [1.165, 1.54) is 6.20 Å². The number of piperazine rings is 1. The fraction of sp³-hybridized carbons (Fsp3) is 0.750. The summed E-state index contributed by atoms with van der Waals surface area (Å²) in [6.07, 6.45) is 1.08. The molecule has 3 heterocycles. The normalized spacial score (nSPS) is 30.6. The molecule has 1 aliphatic carbocycles. The Morgan fingerprint density at radius 3 is 2.74 bits per heavy atom. The molecule has 0 radical (unpaired) electrons. The molecule has 4 atom stereocenters. The van der Waals surface area contributed by atoms with Crippen LogP contribution in [0.1, 0.15) is 44.6 Å². The number of halogens is 3. The molecule has 0 spiro atoms. The van der Waals surface area contributed by atoms with E-state index in [4.69, 9.17) is 9.47 Å². The van der Waals surface area contributed by atoms with Crippen LogP contribution in [-0.2, 0) is 20.4 Å². The molecule has 2 aliphatic heterocycles. The number of methoxy groups -OCH3 is 1. The van der Waals surface area contributed by atoms with Crippen LogP contribution in [0.4, 0.5) is 19.0 Å². The van der Waals surface area contributed by atoms with Gasteiger partial charge in [-0.2, -0.15) is 13.2 Å². The highest BCUT2D eigenvalue weighted by Crippen LogP contribution is 2.43. The number of pyridine rings is 1. The minimum absolute atomic E-state index is 0.0265. The van der Waals surface area contributed by atoms with Crippen molar-refractivity contribution in [2.45, 2.75) is 63.4 Å². The number of amides is 1. The summed E-state index contributed by atoms with van der Waals surface area (Å²) in [5.41, 5.74) is -1.09. The predicted octanol–water partition coefficient (Wildman–Crippen LogP) is 3.09. The van der Waals surface area contributed by atoms with E-state index in [1.54, 1.807) is 7.11 Å². The third-order valence-corrected chi connectivity index (χ3v) is 7.76. The SMILES string of the molecule is CCC1(C(=O)N2CCN(c3cc(C(F)(F)F)ccn3)CC2)CCC(N[C@H]2CCOC[C@H]2OC)C1. The Morgan fingerprint density at radius 2 is 2.06 bits per heavy atom. The highest BCUT2D eigenvalue weighted by atomic mass is 19.4. The Morgan fingerprint density at radius 1 is 1.29 bits per heavy atom. The first-order valence-electron chi connectivity index (χ1n) is 12.2. The molecule has 34 heavy (non-hydrogen) atoms. The van der Waals surface area contributed by atoms with Gasteiger partial charge in [0, 0.05) is 58.2 Å². The van der Waals surface area contributed by atoms with Gasteiger partial charge in [0.2, 0.25) is 5.91 Å². The molecule has 1 aromatic heterocycles. The second-order valence-corrected chi connectivity index (χ2v) is 9.66. The lowest BCUT2D eigenvalue weighted by atomic mass is 9.81. The monoisotopic (exact) mass is 484 g/mol. The first-order chi connectivity index (χ1) is 16.3. The van der Waals surface area contributed by atoms with Crippen LogP contribution in [0.5, 0.6) is 0 Å². The zero-order valence-corrected chi connectivity index (χ0v) is 19.9. The first-order valence-corrected chi connectivity index (χ1v) is 12.2. The van der Waals surface area contributed by atoms with E-state index >= 15 is 0 Å². The van der Waals surface area contributed by atoms with Crippen molar-refractivity contribution in [2.24, 2.45) is 5.41 Å². The summed E-state index contributed by atoms with van der Waals surface area (Å²) in [7, 11) is 1.71. The number of hydrogen-bond acceptors (Lipinski definition) is 6. The highest BCUT2D eigenvalue weighted by molar-refractivity contribution is 5.83. The third kappa shape index (κ3) is 5.33. The largest absolute Gasteiger partial charge is 0.416 e. The topological polar surface area (TPSA) is 66.9 Å². The maximum absolute atomic E-state index is 13.6. The van der Waals surface area contributed by atoms with Crippen LogP contribution in [0.2, 0.25) is 0 Å². The van der Waals surface area contributed by atoms with Gasteiger partial charge < -0.3 is 24.6 Å². The number of hydrogen-bond donors (Lipinski definition) is 1. The van der Waals surface area contributed by atoms with Gasteiger partial charge in [0.15, 0.2) is 0 Å². The van der Waals surface area contributed by atoms with E-state index in [2.05, 4.69) is 17.2 Å². The van der Waals surface area contributed by atoms with E-state index in [9.17, 15) is 18.0 Å². The minimum atomic E-state index is -4.40. The lowest BCUT2D eigenvalue weighted by Crippen LogP contribution is -2.54. The molecule has 1 amide bonds. The van der Waals surface area contributed by atoms with Crippen molar-refractivity contribution in [1.82, 2.24) is 15.2 Å². The zero-order valence-electron chi connectivity index (χ0n) is 19.9. The van der Waals surface area contributed by atoms with E-state index < -0.39 is 11.7 Å². The lowest BCUT2D eigenvalue weighted by molar-refractivity contribution is -0.142. The maximum Gasteiger partial charge on any atom is 0.416 e. The van der Waals surface area contributed by atoms with Crippen molar-refractivity contribution < 1.29 is 27.4 Å². The molecule has 0 aromatic carbocycles. The van der Waals surface area contributed by atoms with Gasteiger partial charge in [-0.25, -0.2) is 4.98 Å². The molecule has 2 saturated heterocycles. The molecule has 1 saturated carbocycles. The van der Waals surface area contributed by atoms with Crippen molar-refractivity contribution in [3.63, 3.8) is 0 Å². The number of nitrogens with zero attached hydrogens (tertiary/aromatic N) is 3. The number of alkyl halides is 3. The van der Waals surface area contributed by atoms with E-state index in [-0.39, 0.29) is 29.5 Å². The van der Waals surface area contributed by atoms with E-state index in [0.717, 1.165) is 44.2 Å². The van der Waals surface area contributed by atoms with Gasteiger partial charge in [0.1, 0.15) is 5.82 Å². The Labute approximate surface area is 199 Å². The van der Waals surface area contributed by atoms with E-state index in [1.807, 2.05) is 9.80 Å². The van der Waals surface area contributed by atoms with Gasteiger partial charge in [0.05, 0.1) is 23.7 Å². The molecule has 1 N–H and O–H groups in total. The molecule has 10 heteroatoms. The van der Waals surface area contributed by atoms with Crippen molar-refractivity contribution >= 4 is 11.7 Å². The van der Waals surface area contributed by atoms with Gasteiger partial charge >= 0.3 is 6.18 Å². The van der Waals surface area contributed by atoms with Crippen LogP contribution >= 0.6 is 0 Å². The van der Waals surface area contributed by atoms with Gasteiger partial charge in [-0.1, -0.05) is 6.92 Å². The molecule has 3 aliphatic rings. The predicted molar refractivity (Wildman–Crippen MR) is 122 cm³/mol. The number of anilines is 1. The van der Waals surface area contributed by atoms with Crippen LogP contribution in [-0.4, -0.2) is 80.5 Å². The number of carbonyl (C=O) groups is 1. The third-order valence-electron chi connectivity index (χ3n) is 7.76. The molecule has 3 fully saturated rings. The summed E-state index contributed by atoms with van der Waals surface area (Å²) in [6, 6.07) is 2.56. The Balaban J connectivity index is 1.35. The number of rotatable bonds is 6. The van der Waals surface area contributed by atoms with Gasteiger partial charge in [-0.05, 0) is 44.2 Å². The maximum atomic E-state index is 13.6. The summed E-state index contributed by atoms with van der Waals surface area (Å²) in [4.78, 5) is 21.5. The highest BCUT2D eigenvalue weighted by Gasteiger charge is 2.47. The van der Waals surface area contributed by atoms with Crippen LogP contribution < -0.4 is 10.2 Å². The van der Waals surface area contributed by atoms with Crippen LogP contribution in [0.15, 0.2) is 18.3 Å². The van der Waals surface area contributed by atoms with Gasteiger partial charge in [-0.3, -0.25) is 4.79 Å². The summed E-state index contributed by atoms with van der Waals surface area (Å²) in [5.74, 6) is 0.479. The molecule has 2 unspecified atom stereocenters. The number of carbonyl (C=O) groups excluding carboxylic acids is 1. The zero-order chi connectivity index (χ0) is 24.3. The molecular formula is C24H35F3N4O3.